The molecule has 0 radical (unpaired) electrons. The molecule has 0 atom stereocenters. The number of hydrogen-bond acceptors (Lipinski definition) is 7. The van der Waals surface area contributed by atoms with Gasteiger partial charge in [-0.3, -0.25) is 9.69 Å². The fourth-order valence-corrected chi connectivity index (χ4v) is 4.45. The average Bonchev–Trinajstić information content (AvgIpc) is 3.07. The molecule has 3 rings (SSSR count). The highest BCUT2D eigenvalue weighted by molar-refractivity contribution is 8.26. The molecule has 1 fully saturated rings. The van der Waals surface area contributed by atoms with Gasteiger partial charge < -0.3 is 18.9 Å². The van der Waals surface area contributed by atoms with E-state index in [4.69, 9.17) is 31.2 Å². The van der Waals surface area contributed by atoms with Crippen molar-refractivity contribution in [3.63, 3.8) is 0 Å². The monoisotopic (exact) mass is 499 g/mol. The fourth-order valence-electron chi connectivity index (χ4n) is 3.18. The summed E-state index contributed by atoms with van der Waals surface area (Å²) in [6.45, 7) is 10.3. The fraction of sp³-hybridized carbons (Fsp3) is 0.308. The van der Waals surface area contributed by atoms with Crippen molar-refractivity contribution in [3.8, 4) is 17.2 Å². The number of ether oxygens (including phenoxy) is 4. The molecule has 1 aliphatic rings. The first kappa shape index (κ1) is 25.8. The van der Waals surface area contributed by atoms with Crippen LogP contribution in [0.3, 0.4) is 0 Å². The molecule has 1 heterocycles. The number of amides is 1. The molecule has 0 spiro atoms. The minimum absolute atomic E-state index is 0.114. The van der Waals surface area contributed by atoms with Crippen molar-refractivity contribution >= 4 is 40.3 Å². The van der Waals surface area contributed by atoms with Crippen LogP contribution < -0.4 is 14.2 Å². The second kappa shape index (κ2) is 13.2. The van der Waals surface area contributed by atoms with Gasteiger partial charge in [-0.05, 0) is 55.3 Å². The van der Waals surface area contributed by atoms with Crippen molar-refractivity contribution in [3.05, 3.63) is 71.2 Å². The van der Waals surface area contributed by atoms with Crippen molar-refractivity contribution in [2.45, 2.75) is 13.8 Å². The summed E-state index contributed by atoms with van der Waals surface area (Å²) in [4.78, 5) is 14.7. The number of benzene rings is 2. The summed E-state index contributed by atoms with van der Waals surface area (Å²) in [5.41, 5.74) is 1.99. The number of thioether (sulfide) groups is 1. The van der Waals surface area contributed by atoms with Crippen LogP contribution in [0.1, 0.15) is 18.1 Å². The van der Waals surface area contributed by atoms with Gasteiger partial charge in [0, 0.05) is 6.54 Å². The summed E-state index contributed by atoms with van der Waals surface area (Å²) in [7, 11) is 0. The smallest absolute Gasteiger partial charge is 0.266 e. The lowest BCUT2D eigenvalue weighted by Crippen LogP contribution is -2.27. The Morgan fingerprint density at radius 2 is 1.82 bits per heavy atom. The third-order valence-corrected chi connectivity index (χ3v) is 6.10. The molecule has 6 nitrogen and oxygen atoms in total. The number of nitrogens with zero attached hydrogens (tertiary/aromatic N) is 1. The SMILES string of the molecule is C=CCN1C(=O)/C(=C\c2ccc(OCCOCCOc3cccc(C)c3)c(OCC)c2)SC1=S. The number of carbonyl (C=O) groups is 1. The first-order valence-corrected chi connectivity index (χ1v) is 12.3. The van der Waals surface area contributed by atoms with Crippen molar-refractivity contribution in [2.75, 3.05) is 39.6 Å². The molecule has 2 aromatic carbocycles. The van der Waals surface area contributed by atoms with E-state index < -0.39 is 0 Å². The zero-order chi connectivity index (χ0) is 24.3. The maximum absolute atomic E-state index is 12.6. The van der Waals surface area contributed by atoms with Crippen LogP contribution in [0, 0.1) is 6.92 Å². The van der Waals surface area contributed by atoms with Crippen molar-refractivity contribution in [1.29, 1.82) is 0 Å². The van der Waals surface area contributed by atoms with E-state index in [0.717, 1.165) is 16.9 Å². The predicted octanol–water partition coefficient (Wildman–Crippen LogP) is 5.26. The van der Waals surface area contributed by atoms with E-state index in [1.807, 2.05) is 62.4 Å². The Balaban J connectivity index is 1.50. The highest BCUT2D eigenvalue weighted by Gasteiger charge is 2.31. The van der Waals surface area contributed by atoms with E-state index in [-0.39, 0.29) is 5.91 Å². The molecule has 1 saturated heterocycles. The highest BCUT2D eigenvalue weighted by atomic mass is 32.2. The van der Waals surface area contributed by atoms with Gasteiger partial charge in [0.1, 0.15) is 23.3 Å². The first-order chi connectivity index (χ1) is 16.5. The molecule has 0 saturated carbocycles. The van der Waals surface area contributed by atoms with E-state index in [9.17, 15) is 4.79 Å². The Morgan fingerprint density at radius 1 is 1.03 bits per heavy atom. The predicted molar refractivity (Wildman–Crippen MR) is 141 cm³/mol. The van der Waals surface area contributed by atoms with Crippen LogP contribution in [0.2, 0.25) is 0 Å². The highest BCUT2D eigenvalue weighted by Crippen LogP contribution is 2.34. The molecule has 0 bridgehead atoms. The molecule has 0 unspecified atom stereocenters. The van der Waals surface area contributed by atoms with Crippen LogP contribution in [0.15, 0.2) is 60.0 Å². The topological polar surface area (TPSA) is 57.2 Å². The summed E-state index contributed by atoms with van der Waals surface area (Å²) in [6.07, 6.45) is 3.47. The number of thiocarbonyl (C=S) groups is 1. The Labute approximate surface area is 210 Å². The average molecular weight is 500 g/mol. The Kier molecular flexibility index (Phi) is 10.00. The van der Waals surface area contributed by atoms with Crippen LogP contribution in [-0.2, 0) is 9.53 Å². The van der Waals surface area contributed by atoms with Crippen LogP contribution >= 0.6 is 24.0 Å². The molecule has 1 amide bonds. The molecular weight excluding hydrogens is 470 g/mol. The molecule has 180 valence electrons. The largest absolute Gasteiger partial charge is 0.491 e. The molecule has 1 aliphatic heterocycles. The Bertz CT molecular complexity index is 1050. The second-order valence-corrected chi connectivity index (χ2v) is 9.02. The van der Waals surface area contributed by atoms with Crippen molar-refractivity contribution in [2.24, 2.45) is 0 Å². The lowest BCUT2D eigenvalue weighted by molar-refractivity contribution is -0.121. The molecule has 8 heteroatoms. The van der Waals surface area contributed by atoms with E-state index in [1.54, 1.807) is 6.08 Å². The second-order valence-electron chi connectivity index (χ2n) is 7.35. The Hall–Kier alpha value is -2.81. The third kappa shape index (κ3) is 7.35. The van der Waals surface area contributed by atoms with Crippen molar-refractivity contribution < 1.29 is 23.7 Å². The van der Waals surface area contributed by atoms with Gasteiger partial charge in [0.15, 0.2) is 11.5 Å². The summed E-state index contributed by atoms with van der Waals surface area (Å²) in [6, 6.07) is 13.5. The molecule has 2 aromatic rings. The third-order valence-electron chi connectivity index (χ3n) is 4.72. The van der Waals surface area contributed by atoms with Crippen LogP contribution in [0.25, 0.3) is 6.08 Å². The first-order valence-electron chi connectivity index (χ1n) is 11.0. The van der Waals surface area contributed by atoms with Crippen molar-refractivity contribution in [1.82, 2.24) is 4.90 Å². The lowest BCUT2D eigenvalue weighted by atomic mass is 10.2. The van der Waals surface area contributed by atoms with Gasteiger partial charge in [0.2, 0.25) is 0 Å². The number of hydrogen-bond donors (Lipinski definition) is 0. The van der Waals surface area contributed by atoms with Crippen LogP contribution in [0.4, 0.5) is 0 Å². The van der Waals surface area contributed by atoms with E-state index in [2.05, 4.69) is 6.58 Å². The van der Waals surface area contributed by atoms with Gasteiger partial charge in [-0.25, -0.2) is 0 Å². The number of rotatable bonds is 13. The minimum Gasteiger partial charge on any atom is -0.491 e. The van der Waals surface area contributed by atoms with E-state index in [0.29, 0.717) is 60.3 Å². The van der Waals surface area contributed by atoms with E-state index in [1.165, 1.54) is 16.7 Å². The maximum Gasteiger partial charge on any atom is 0.266 e. The number of carbonyl (C=O) groups excluding carboxylic acids is 1. The lowest BCUT2D eigenvalue weighted by Gasteiger charge is -2.13. The van der Waals surface area contributed by atoms with E-state index >= 15 is 0 Å². The van der Waals surface area contributed by atoms with Crippen LogP contribution in [-0.4, -0.2) is 54.7 Å². The normalized spacial score (nSPS) is 14.5. The maximum atomic E-state index is 12.6. The molecule has 34 heavy (non-hydrogen) atoms. The molecule has 0 N–H and O–H groups in total. The quantitative estimate of drug-likeness (QED) is 0.161. The van der Waals surface area contributed by atoms with Gasteiger partial charge in [0.25, 0.3) is 5.91 Å². The number of aryl methyl sites for hydroxylation is 1. The van der Waals surface area contributed by atoms with Gasteiger partial charge in [0.05, 0.1) is 24.7 Å². The molecule has 0 aliphatic carbocycles. The standard InChI is InChI=1S/C26H29NO5S2/c1-4-11-27-25(28)24(34-26(27)33)18-20-9-10-22(23(17-20)30-5-2)32-15-13-29-12-14-31-21-8-6-7-19(3)16-21/h4,6-10,16-18H,1,5,11-15H2,2-3H3/b24-18+. The van der Waals surface area contributed by atoms with Gasteiger partial charge in [-0.1, -0.05) is 48.3 Å². The molecular formula is C26H29NO5S2. The van der Waals surface area contributed by atoms with Gasteiger partial charge in [-0.2, -0.15) is 0 Å². The Morgan fingerprint density at radius 3 is 2.56 bits per heavy atom. The zero-order valence-corrected chi connectivity index (χ0v) is 21.1. The van der Waals surface area contributed by atoms with Gasteiger partial charge >= 0.3 is 0 Å². The minimum atomic E-state index is -0.114. The zero-order valence-electron chi connectivity index (χ0n) is 19.5. The summed E-state index contributed by atoms with van der Waals surface area (Å²) in [5.74, 6) is 1.96. The summed E-state index contributed by atoms with van der Waals surface area (Å²) < 4.78 is 23.4. The summed E-state index contributed by atoms with van der Waals surface area (Å²) in [5, 5.41) is 0. The van der Waals surface area contributed by atoms with Gasteiger partial charge in [-0.15, -0.1) is 6.58 Å². The molecule has 0 aromatic heterocycles. The van der Waals surface area contributed by atoms with Crippen LogP contribution in [0.5, 0.6) is 17.2 Å². The summed E-state index contributed by atoms with van der Waals surface area (Å²) >= 11 is 6.58.